The normalized spacial score (nSPS) is 15.9. The van der Waals surface area contributed by atoms with Gasteiger partial charge in [-0.25, -0.2) is 0 Å². The van der Waals surface area contributed by atoms with Crippen LogP contribution in [0.15, 0.2) is 65.2 Å². The molecule has 134 valence electrons. The Balaban J connectivity index is 1.75. The highest BCUT2D eigenvalue weighted by molar-refractivity contribution is 6.17. The fraction of sp³-hybridized carbons (Fsp3) is 0.115. The Labute approximate surface area is 165 Å². The van der Waals surface area contributed by atoms with Crippen molar-refractivity contribution in [3.8, 4) is 11.3 Å². The monoisotopic (exact) mass is 363 g/mol. The molecule has 0 saturated heterocycles. The Hall–Kier alpha value is -3.39. The molecule has 2 heteroatoms. The minimum absolute atomic E-state index is 0.688. The summed E-state index contributed by atoms with van der Waals surface area (Å²) in [5.41, 5.74) is 7.45. The quantitative estimate of drug-likeness (QED) is 0.321. The molecule has 0 radical (unpaired) electrons. The summed E-state index contributed by atoms with van der Waals surface area (Å²) >= 11 is 0. The fourth-order valence-corrected chi connectivity index (χ4v) is 4.46. The average molecular weight is 363 g/mol. The first-order valence-electron chi connectivity index (χ1n) is 10.5. The van der Waals surface area contributed by atoms with E-state index in [0.717, 1.165) is 49.5 Å². The highest BCUT2D eigenvalue weighted by Gasteiger charge is 2.19. The summed E-state index contributed by atoms with van der Waals surface area (Å²) < 4.78 is 23.2. The lowest BCUT2D eigenvalue weighted by atomic mass is 9.91. The average Bonchev–Trinajstić information content (AvgIpc) is 3.08. The van der Waals surface area contributed by atoms with Gasteiger partial charge in [0.05, 0.1) is 0 Å². The van der Waals surface area contributed by atoms with Crippen LogP contribution in [0, 0.1) is 13.8 Å². The Morgan fingerprint density at radius 3 is 2.68 bits per heavy atom. The van der Waals surface area contributed by atoms with Crippen LogP contribution in [0.5, 0.6) is 0 Å². The number of benzene rings is 3. The lowest BCUT2D eigenvalue weighted by Gasteiger charge is -2.12. The second-order valence-electron chi connectivity index (χ2n) is 7.56. The first-order chi connectivity index (χ1) is 14.4. The molecule has 3 aromatic carbocycles. The van der Waals surface area contributed by atoms with Gasteiger partial charge in [-0.05, 0) is 60.8 Å². The summed E-state index contributed by atoms with van der Waals surface area (Å²) in [4.78, 5) is 4.66. The number of hydrogen-bond acceptors (Lipinski definition) is 2. The Morgan fingerprint density at radius 2 is 1.82 bits per heavy atom. The van der Waals surface area contributed by atoms with E-state index < -0.39 is 6.37 Å². The van der Waals surface area contributed by atoms with Crippen LogP contribution >= 0.6 is 0 Å². The maximum Gasteiger partial charge on any atom is 0.161 e. The Morgan fingerprint density at radius 1 is 0.964 bits per heavy atom. The van der Waals surface area contributed by atoms with E-state index in [1.54, 1.807) is 6.08 Å². The van der Waals surface area contributed by atoms with Crippen LogP contribution in [0.1, 0.15) is 25.0 Å². The van der Waals surface area contributed by atoms with Crippen LogP contribution in [-0.2, 0) is 6.37 Å². The molecule has 0 bridgehead atoms. The molecule has 0 N–H and O–H groups in total. The summed E-state index contributed by atoms with van der Waals surface area (Å²) in [5.74, 6) is 0. The van der Waals surface area contributed by atoms with Crippen molar-refractivity contribution in [2.45, 2.75) is 20.2 Å². The van der Waals surface area contributed by atoms with Crippen LogP contribution in [0.3, 0.4) is 0 Å². The van der Waals surface area contributed by atoms with E-state index in [0.29, 0.717) is 5.56 Å². The number of allylic oxidation sites excluding steroid dienone is 1. The molecule has 1 aliphatic carbocycles. The van der Waals surface area contributed by atoms with E-state index in [9.17, 15) is 0 Å². The predicted molar refractivity (Wildman–Crippen MR) is 117 cm³/mol. The second kappa shape index (κ2) is 5.56. The molecular weight excluding hydrogens is 342 g/mol. The summed E-state index contributed by atoms with van der Waals surface area (Å²) in [6.07, 6.45) is 3.84. The van der Waals surface area contributed by atoms with Gasteiger partial charge in [0.2, 0.25) is 0 Å². The number of fused-ring (bicyclic) bond motifs is 4. The van der Waals surface area contributed by atoms with Crippen molar-refractivity contribution in [2.24, 2.45) is 0 Å². The van der Waals surface area contributed by atoms with Gasteiger partial charge in [0.1, 0.15) is 11.3 Å². The van der Waals surface area contributed by atoms with Crippen molar-refractivity contribution >= 4 is 38.8 Å². The van der Waals surface area contributed by atoms with Crippen LogP contribution in [0.25, 0.3) is 50.0 Å². The van der Waals surface area contributed by atoms with Crippen LogP contribution in [0.2, 0.25) is 0 Å². The summed E-state index contributed by atoms with van der Waals surface area (Å²) in [5, 5.41) is 4.01. The van der Waals surface area contributed by atoms with Crippen LogP contribution in [-0.4, -0.2) is 4.98 Å². The SMILES string of the molecule is [2H]C1([2H])C=Cc2c3oc4c(-c5cc(C)cc(C)c5)nccc4c3cc3cccc1c23. The Kier molecular flexibility index (Phi) is 2.72. The van der Waals surface area contributed by atoms with Crippen molar-refractivity contribution in [1.29, 1.82) is 0 Å². The fourth-order valence-electron chi connectivity index (χ4n) is 4.46. The van der Waals surface area contributed by atoms with Crippen molar-refractivity contribution in [3.63, 3.8) is 0 Å². The van der Waals surface area contributed by atoms with Gasteiger partial charge in [-0.3, -0.25) is 4.98 Å². The minimum Gasteiger partial charge on any atom is -0.453 e. The number of aryl methyl sites for hydroxylation is 2. The van der Waals surface area contributed by atoms with Crippen molar-refractivity contribution < 1.29 is 7.16 Å². The highest BCUT2D eigenvalue weighted by Crippen LogP contribution is 2.41. The predicted octanol–water partition coefficient (Wildman–Crippen LogP) is 6.99. The standard InChI is InChI=1S/C26H19NO/c1-15-11-16(2)13-19(12-15)24-26-20(9-10-27-24)22-14-18-7-3-5-17-6-4-8-21(23(17)18)25(22)28-26/h3-5,7-14H,6H2,1-2H3/i6D2. The van der Waals surface area contributed by atoms with Gasteiger partial charge in [0.15, 0.2) is 5.58 Å². The summed E-state index contributed by atoms with van der Waals surface area (Å²) in [6, 6.07) is 16.4. The topological polar surface area (TPSA) is 26.0 Å². The zero-order valence-electron chi connectivity index (χ0n) is 17.7. The van der Waals surface area contributed by atoms with Gasteiger partial charge in [-0.15, -0.1) is 0 Å². The first-order valence-corrected chi connectivity index (χ1v) is 9.48. The molecule has 0 unspecified atom stereocenters. The molecule has 6 rings (SSSR count). The molecular formula is C26H19NO. The lowest BCUT2D eigenvalue weighted by molar-refractivity contribution is 0.668. The van der Waals surface area contributed by atoms with E-state index in [1.165, 1.54) is 11.1 Å². The largest absolute Gasteiger partial charge is 0.453 e. The molecule has 0 atom stereocenters. The molecule has 0 aliphatic heterocycles. The van der Waals surface area contributed by atoms with Gasteiger partial charge in [0, 0.05) is 30.8 Å². The second-order valence-corrected chi connectivity index (χ2v) is 7.56. The third-order valence-electron chi connectivity index (χ3n) is 5.54. The zero-order valence-corrected chi connectivity index (χ0v) is 15.7. The number of rotatable bonds is 1. The molecule has 2 aromatic heterocycles. The van der Waals surface area contributed by atoms with E-state index in [4.69, 9.17) is 7.16 Å². The van der Waals surface area contributed by atoms with Crippen LogP contribution < -0.4 is 0 Å². The first kappa shape index (κ1) is 13.7. The van der Waals surface area contributed by atoms with Crippen LogP contribution in [0.4, 0.5) is 0 Å². The van der Waals surface area contributed by atoms with E-state index in [1.807, 2.05) is 36.5 Å². The molecule has 0 saturated carbocycles. The van der Waals surface area contributed by atoms with Crippen molar-refractivity contribution in [2.75, 3.05) is 0 Å². The maximum atomic E-state index is 8.38. The molecule has 0 spiro atoms. The van der Waals surface area contributed by atoms with E-state index in [-0.39, 0.29) is 0 Å². The van der Waals surface area contributed by atoms with Gasteiger partial charge < -0.3 is 4.42 Å². The highest BCUT2D eigenvalue weighted by atomic mass is 16.3. The third-order valence-corrected chi connectivity index (χ3v) is 5.54. The van der Waals surface area contributed by atoms with Gasteiger partial charge >= 0.3 is 0 Å². The van der Waals surface area contributed by atoms with Gasteiger partial charge in [-0.2, -0.15) is 0 Å². The molecule has 5 aromatic rings. The Bertz CT molecular complexity index is 1520. The number of nitrogens with zero attached hydrogens (tertiary/aromatic N) is 1. The smallest absolute Gasteiger partial charge is 0.161 e. The maximum absolute atomic E-state index is 8.38. The number of pyridine rings is 1. The molecule has 2 nitrogen and oxygen atoms in total. The molecule has 2 heterocycles. The van der Waals surface area contributed by atoms with Crippen molar-refractivity contribution in [1.82, 2.24) is 4.98 Å². The van der Waals surface area contributed by atoms with Crippen molar-refractivity contribution in [3.05, 3.63) is 83.1 Å². The zero-order chi connectivity index (χ0) is 20.6. The molecule has 28 heavy (non-hydrogen) atoms. The van der Waals surface area contributed by atoms with E-state index >= 15 is 0 Å². The number of hydrogen-bond donors (Lipinski definition) is 0. The lowest BCUT2D eigenvalue weighted by Crippen LogP contribution is -1.92. The third kappa shape index (κ3) is 2.12. The van der Waals surface area contributed by atoms with Gasteiger partial charge in [-0.1, -0.05) is 47.5 Å². The summed E-state index contributed by atoms with van der Waals surface area (Å²) in [7, 11) is 0. The number of aromatic nitrogens is 1. The minimum atomic E-state index is -1.49. The molecule has 0 amide bonds. The molecule has 0 fully saturated rings. The van der Waals surface area contributed by atoms with Gasteiger partial charge in [0.25, 0.3) is 0 Å². The molecule has 1 aliphatic rings. The number of furan rings is 1. The summed E-state index contributed by atoms with van der Waals surface area (Å²) in [6.45, 7) is 4.18. The van der Waals surface area contributed by atoms with E-state index in [2.05, 4.69) is 43.1 Å².